The van der Waals surface area contributed by atoms with Crippen molar-refractivity contribution in [1.29, 1.82) is 0 Å². The van der Waals surface area contributed by atoms with Gasteiger partial charge in [0.15, 0.2) is 0 Å². The van der Waals surface area contributed by atoms with Crippen LogP contribution in [0.5, 0.6) is 0 Å². The van der Waals surface area contributed by atoms with Gasteiger partial charge in [-0.15, -0.1) is 0 Å². The van der Waals surface area contributed by atoms with Crippen molar-refractivity contribution in [2.45, 2.75) is 24.7 Å². The Morgan fingerprint density at radius 1 is 1.16 bits per heavy atom. The third-order valence-electron chi connectivity index (χ3n) is 3.68. The van der Waals surface area contributed by atoms with E-state index in [0.29, 0.717) is 17.8 Å². The third kappa shape index (κ3) is 5.31. The smallest absolute Gasteiger partial charge is 0.261 e. The average Bonchev–Trinajstić information content (AvgIpc) is 2.61. The maximum absolute atomic E-state index is 12.6. The topological polar surface area (TPSA) is 66.5 Å². The van der Waals surface area contributed by atoms with E-state index in [4.69, 9.17) is 0 Å². The molecule has 0 saturated heterocycles. The monoisotopic (exact) mass is 424 g/mol. The second-order valence-corrected chi connectivity index (χ2v) is 8.32. The Morgan fingerprint density at radius 3 is 2.48 bits per heavy atom. The molecular weight excluding hydrogens is 404 g/mol. The SMILES string of the molecule is CCCCN(C)C(=O)c1cccc(S(=O)(=O)Nc2ccc(Br)cc2)c1. The normalized spacial score (nSPS) is 11.2. The van der Waals surface area contributed by atoms with Gasteiger partial charge in [-0.05, 0) is 48.9 Å². The first-order chi connectivity index (χ1) is 11.8. The number of hydrogen-bond donors (Lipinski definition) is 1. The Bertz CT molecular complexity index is 836. The molecule has 0 saturated carbocycles. The van der Waals surface area contributed by atoms with Crippen LogP contribution in [0.3, 0.4) is 0 Å². The highest BCUT2D eigenvalue weighted by molar-refractivity contribution is 9.10. The quantitative estimate of drug-likeness (QED) is 0.726. The Labute approximate surface area is 157 Å². The molecular formula is C18H21BrN2O3S. The summed E-state index contributed by atoms with van der Waals surface area (Å²) in [6.07, 6.45) is 1.90. The van der Waals surface area contributed by atoms with Crippen molar-refractivity contribution in [3.05, 3.63) is 58.6 Å². The van der Waals surface area contributed by atoms with Crippen LogP contribution in [0.1, 0.15) is 30.1 Å². The summed E-state index contributed by atoms with van der Waals surface area (Å²) in [6.45, 7) is 2.70. The minimum absolute atomic E-state index is 0.0603. The van der Waals surface area contributed by atoms with E-state index in [9.17, 15) is 13.2 Å². The van der Waals surface area contributed by atoms with Gasteiger partial charge in [-0.1, -0.05) is 35.3 Å². The second-order valence-electron chi connectivity index (χ2n) is 5.72. The van der Waals surface area contributed by atoms with Gasteiger partial charge in [0.1, 0.15) is 0 Å². The van der Waals surface area contributed by atoms with E-state index in [-0.39, 0.29) is 10.8 Å². The predicted octanol–water partition coefficient (Wildman–Crippen LogP) is 4.12. The van der Waals surface area contributed by atoms with Crippen molar-refractivity contribution < 1.29 is 13.2 Å². The van der Waals surface area contributed by atoms with Crippen molar-refractivity contribution in [2.24, 2.45) is 0 Å². The molecule has 1 amide bonds. The van der Waals surface area contributed by atoms with Crippen LogP contribution in [-0.4, -0.2) is 32.8 Å². The number of hydrogen-bond acceptors (Lipinski definition) is 3. The molecule has 0 atom stereocenters. The summed E-state index contributed by atoms with van der Waals surface area (Å²) in [4.78, 5) is 14.1. The molecule has 2 rings (SSSR count). The lowest BCUT2D eigenvalue weighted by atomic mass is 10.2. The molecule has 0 spiro atoms. The van der Waals surface area contributed by atoms with Crippen LogP contribution in [0, 0.1) is 0 Å². The largest absolute Gasteiger partial charge is 0.342 e. The average molecular weight is 425 g/mol. The number of halogens is 1. The van der Waals surface area contributed by atoms with Gasteiger partial charge in [-0.25, -0.2) is 8.42 Å². The molecule has 0 aliphatic rings. The van der Waals surface area contributed by atoms with Gasteiger partial charge in [0.2, 0.25) is 0 Å². The van der Waals surface area contributed by atoms with Crippen LogP contribution in [0.15, 0.2) is 57.9 Å². The zero-order chi connectivity index (χ0) is 18.4. The molecule has 0 aliphatic heterocycles. The van der Waals surface area contributed by atoms with E-state index in [1.165, 1.54) is 12.1 Å². The van der Waals surface area contributed by atoms with E-state index in [1.54, 1.807) is 48.3 Å². The molecule has 0 heterocycles. The number of unbranched alkanes of at least 4 members (excludes halogenated alkanes) is 1. The molecule has 0 aliphatic carbocycles. The van der Waals surface area contributed by atoms with E-state index >= 15 is 0 Å². The zero-order valence-corrected chi connectivity index (χ0v) is 16.6. The maximum atomic E-state index is 12.6. The summed E-state index contributed by atoms with van der Waals surface area (Å²) in [5, 5.41) is 0. The second kappa shape index (κ2) is 8.49. The summed E-state index contributed by atoms with van der Waals surface area (Å²) < 4.78 is 28.5. The van der Waals surface area contributed by atoms with Gasteiger partial charge < -0.3 is 4.90 Å². The Kier molecular flexibility index (Phi) is 6.61. The van der Waals surface area contributed by atoms with Crippen LogP contribution in [0.25, 0.3) is 0 Å². The van der Waals surface area contributed by atoms with Gasteiger partial charge >= 0.3 is 0 Å². The zero-order valence-electron chi connectivity index (χ0n) is 14.2. The molecule has 0 unspecified atom stereocenters. The van der Waals surface area contributed by atoms with Crippen molar-refractivity contribution in [3.8, 4) is 0 Å². The number of amides is 1. The minimum atomic E-state index is -3.76. The van der Waals surface area contributed by atoms with Crippen LogP contribution in [-0.2, 0) is 10.0 Å². The highest BCUT2D eigenvalue weighted by atomic mass is 79.9. The standard InChI is InChI=1S/C18H21BrN2O3S/c1-3-4-12-21(2)18(22)14-6-5-7-17(13-14)25(23,24)20-16-10-8-15(19)9-11-16/h5-11,13,20H,3-4,12H2,1-2H3. The number of anilines is 1. The van der Waals surface area contributed by atoms with E-state index in [0.717, 1.165) is 17.3 Å². The fourth-order valence-electron chi connectivity index (χ4n) is 2.25. The molecule has 2 aromatic rings. The molecule has 5 nitrogen and oxygen atoms in total. The lowest BCUT2D eigenvalue weighted by molar-refractivity contribution is 0.0793. The summed E-state index contributed by atoms with van der Waals surface area (Å²) in [5.41, 5.74) is 0.817. The van der Waals surface area contributed by atoms with Crippen LogP contribution in [0.4, 0.5) is 5.69 Å². The highest BCUT2D eigenvalue weighted by Crippen LogP contribution is 2.20. The van der Waals surface area contributed by atoms with Crippen molar-refractivity contribution in [2.75, 3.05) is 18.3 Å². The lowest BCUT2D eigenvalue weighted by Gasteiger charge is -2.17. The number of sulfonamides is 1. The first-order valence-electron chi connectivity index (χ1n) is 7.97. The first-order valence-corrected chi connectivity index (χ1v) is 10.2. The molecule has 2 aromatic carbocycles. The molecule has 0 radical (unpaired) electrons. The van der Waals surface area contributed by atoms with Gasteiger partial charge in [0.05, 0.1) is 4.90 Å². The van der Waals surface area contributed by atoms with Gasteiger partial charge in [-0.3, -0.25) is 9.52 Å². The predicted molar refractivity (Wildman–Crippen MR) is 103 cm³/mol. The third-order valence-corrected chi connectivity index (χ3v) is 5.59. The van der Waals surface area contributed by atoms with Crippen LogP contribution in [0.2, 0.25) is 0 Å². The molecule has 134 valence electrons. The Hall–Kier alpha value is -1.86. The van der Waals surface area contributed by atoms with E-state index < -0.39 is 10.0 Å². The number of nitrogens with zero attached hydrogens (tertiary/aromatic N) is 1. The van der Waals surface area contributed by atoms with Gasteiger partial charge in [0, 0.05) is 29.3 Å². The maximum Gasteiger partial charge on any atom is 0.261 e. The molecule has 25 heavy (non-hydrogen) atoms. The fourth-order valence-corrected chi connectivity index (χ4v) is 3.61. The summed E-state index contributed by atoms with van der Waals surface area (Å²) in [7, 11) is -2.04. The summed E-state index contributed by atoms with van der Waals surface area (Å²) >= 11 is 3.31. The number of benzene rings is 2. The van der Waals surface area contributed by atoms with Crippen molar-refractivity contribution in [3.63, 3.8) is 0 Å². The van der Waals surface area contributed by atoms with E-state index in [2.05, 4.69) is 27.6 Å². The molecule has 0 bridgehead atoms. The highest BCUT2D eigenvalue weighted by Gasteiger charge is 2.18. The summed E-state index contributed by atoms with van der Waals surface area (Å²) in [5.74, 6) is -0.186. The Morgan fingerprint density at radius 2 is 1.84 bits per heavy atom. The van der Waals surface area contributed by atoms with Crippen molar-refractivity contribution >= 4 is 37.5 Å². The summed E-state index contributed by atoms with van der Waals surface area (Å²) in [6, 6.07) is 12.9. The molecule has 7 heteroatoms. The number of carbonyl (C=O) groups excluding carboxylic acids is 1. The van der Waals surface area contributed by atoms with E-state index in [1.807, 2.05) is 0 Å². The number of nitrogens with one attached hydrogen (secondary N) is 1. The first kappa shape index (κ1) is 19.5. The van der Waals surface area contributed by atoms with Crippen LogP contribution >= 0.6 is 15.9 Å². The lowest BCUT2D eigenvalue weighted by Crippen LogP contribution is -2.27. The molecule has 1 N–H and O–H groups in total. The van der Waals surface area contributed by atoms with Gasteiger partial charge in [-0.2, -0.15) is 0 Å². The molecule has 0 aromatic heterocycles. The minimum Gasteiger partial charge on any atom is -0.342 e. The van der Waals surface area contributed by atoms with Crippen LogP contribution < -0.4 is 4.72 Å². The fraction of sp³-hybridized carbons (Fsp3) is 0.278. The number of carbonyl (C=O) groups is 1. The van der Waals surface area contributed by atoms with Crippen molar-refractivity contribution in [1.82, 2.24) is 4.90 Å². The Balaban J connectivity index is 2.21. The number of rotatable bonds is 7. The van der Waals surface area contributed by atoms with Gasteiger partial charge in [0.25, 0.3) is 15.9 Å². The molecule has 0 fully saturated rings.